The van der Waals surface area contributed by atoms with Gasteiger partial charge >= 0.3 is 0 Å². The molecule has 0 atom stereocenters. The fraction of sp³-hybridized carbons (Fsp3) is 0.273. The minimum absolute atomic E-state index is 0.0394. The Bertz CT molecular complexity index is 1360. The van der Waals surface area contributed by atoms with Gasteiger partial charge in [-0.15, -0.1) is 0 Å². The Morgan fingerprint density at radius 3 is 2.68 bits per heavy atom. The minimum Gasteiger partial charge on any atom is -0.486 e. The zero-order valence-electron chi connectivity index (χ0n) is 18.4. The smallest absolute Gasteiger partial charge is 0.273 e. The number of likely N-dealkylation sites (N-methyl/N-ethyl adjacent to an activating group) is 1. The number of carbonyl (C=O) groups is 2. The van der Waals surface area contributed by atoms with Gasteiger partial charge in [0.25, 0.3) is 5.91 Å². The molecule has 0 saturated heterocycles. The molecule has 1 aliphatic rings. The van der Waals surface area contributed by atoms with Crippen LogP contribution in [0.1, 0.15) is 28.7 Å². The molecule has 0 bridgehead atoms. The highest BCUT2D eigenvalue weighted by Crippen LogP contribution is 2.36. The summed E-state index contributed by atoms with van der Waals surface area (Å²) in [7, 11) is -3.83. The summed E-state index contributed by atoms with van der Waals surface area (Å²) in [5.41, 5.74) is 0.944. The number of sulfone groups is 1. The van der Waals surface area contributed by atoms with Gasteiger partial charge in [-0.25, -0.2) is 18.4 Å². The van der Waals surface area contributed by atoms with Gasteiger partial charge in [-0.1, -0.05) is 11.6 Å². The van der Waals surface area contributed by atoms with Crippen LogP contribution in [0.25, 0.3) is 11.3 Å². The Morgan fingerprint density at radius 2 is 2.03 bits per heavy atom. The SMILES string of the molecule is CCNC(=O)CN1Cc2c(nc(S(C)(=O)=O)nc2-c2ccc(OCc3ccco3)cc2Cl)C1=O. The lowest BCUT2D eigenvalue weighted by atomic mass is 10.1. The summed E-state index contributed by atoms with van der Waals surface area (Å²) in [5.74, 6) is 0.215. The van der Waals surface area contributed by atoms with Crippen molar-refractivity contribution in [3.05, 3.63) is 58.6 Å². The third-order valence-corrected chi connectivity index (χ3v) is 6.18. The number of carbonyl (C=O) groups excluding carboxylic acids is 2. The van der Waals surface area contributed by atoms with E-state index in [9.17, 15) is 18.0 Å². The molecular weight excluding hydrogens is 484 g/mol. The first kappa shape index (κ1) is 23.7. The van der Waals surface area contributed by atoms with Gasteiger partial charge in [0.05, 0.1) is 23.5 Å². The third-order valence-electron chi connectivity index (χ3n) is 5.02. The molecule has 1 aromatic carbocycles. The Hall–Kier alpha value is -3.44. The van der Waals surface area contributed by atoms with Crippen LogP contribution in [0.4, 0.5) is 0 Å². The van der Waals surface area contributed by atoms with Crippen molar-refractivity contribution in [3.8, 4) is 17.0 Å². The van der Waals surface area contributed by atoms with Crippen molar-refractivity contribution >= 4 is 33.3 Å². The van der Waals surface area contributed by atoms with E-state index >= 15 is 0 Å². The zero-order chi connectivity index (χ0) is 24.5. The van der Waals surface area contributed by atoms with Gasteiger partial charge in [0.15, 0.2) is 0 Å². The predicted octanol–water partition coefficient (Wildman–Crippen LogP) is 2.46. The van der Waals surface area contributed by atoms with Crippen molar-refractivity contribution < 1.29 is 27.2 Å². The van der Waals surface area contributed by atoms with E-state index in [4.69, 9.17) is 20.8 Å². The number of nitrogens with zero attached hydrogens (tertiary/aromatic N) is 3. The highest BCUT2D eigenvalue weighted by atomic mass is 35.5. The number of nitrogens with one attached hydrogen (secondary N) is 1. The van der Waals surface area contributed by atoms with Crippen LogP contribution in [0.15, 0.2) is 46.2 Å². The lowest BCUT2D eigenvalue weighted by Gasteiger charge is -2.14. The highest BCUT2D eigenvalue weighted by Gasteiger charge is 2.35. The Kier molecular flexibility index (Phi) is 6.58. The van der Waals surface area contributed by atoms with Crippen LogP contribution in [0.2, 0.25) is 5.02 Å². The zero-order valence-corrected chi connectivity index (χ0v) is 19.9. The number of halogens is 1. The number of ether oxygens (including phenoxy) is 1. The van der Waals surface area contributed by atoms with Gasteiger partial charge in [0.1, 0.15) is 30.4 Å². The lowest BCUT2D eigenvalue weighted by Crippen LogP contribution is -2.37. The van der Waals surface area contributed by atoms with Crippen molar-refractivity contribution in [2.45, 2.75) is 25.2 Å². The molecule has 34 heavy (non-hydrogen) atoms. The molecule has 10 nitrogen and oxygen atoms in total. The molecular formula is C22H21ClN4O6S. The van der Waals surface area contributed by atoms with Crippen molar-refractivity contribution in [1.82, 2.24) is 20.2 Å². The van der Waals surface area contributed by atoms with Crippen LogP contribution >= 0.6 is 11.6 Å². The van der Waals surface area contributed by atoms with E-state index in [0.717, 1.165) is 6.26 Å². The summed E-state index contributed by atoms with van der Waals surface area (Å²) >= 11 is 6.52. The molecule has 2 amide bonds. The number of aromatic nitrogens is 2. The summed E-state index contributed by atoms with van der Waals surface area (Å²) in [6.45, 7) is 2.24. The van der Waals surface area contributed by atoms with E-state index in [1.165, 1.54) is 4.90 Å². The molecule has 4 rings (SSSR count). The normalized spacial score (nSPS) is 13.1. The molecule has 1 aliphatic heterocycles. The number of furan rings is 1. The molecule has 0 spiro atoms. The van der Waals surface area contributed by atoms with Crippen molar-refractivity contribution in [1.29, 1.82) is 0 Å². The number of rotatable bonds is 8. The van der Waals surface area contributed by atoms with Gasteiger partial charge in [-0.05, 0) is 37.3 Å². The number of benzene rings is 1. The van der Waals surface area contributed by atoms with Crippen LogP contribution < -0.4 is 10.1 Å². The summed E-state index contributed by atoms with van der Waals surface area (Å²) in [5, 5.41) is 2.38. The van der Waals surface area contributed by atoms with Gasteiger partial charge in [0.2, 0.25) is 20.9 Å². The highest BCUT2D eigenvalue weighted by molar-refractivity contribution is 7.90. The fourth-order valence-corrected chi connectivity index (χ4v) is 4.25. The summed E-state index contributed by atoms with van der Waals surface area (Å²) in [6, 6.07) is 8.38. The Labute approximate surface area is 200 Å². The molecule has 12 heteroatoms. The van der Waals surface area contributed by atoms with Crippen LogP contribution in [-0.2, 0) is 27.8 Å². The Morgan fingerprint density at radius 1 is 1.26 bits per heavy atom. The van der Waals surface area contributed by atoms with E-state index in [2.05, 4.69) is 15.3 Å². The topological polar surface area (TPSA) is 132 Å². The third kappa shape index (κ3) is 4.90. The number of amides is 2. The number of hydrogen-bond acceptors (Lipinski definition) is 8. The van der Waals surface area contributed by atoms with Gasteiger partial charge in [-0.2, -0.15) is 0 Å². The van der Waals surface area contributed by atoms with Gasteiger partial charge < -0.3 is 19.4 Å². The maximum absolute atomic E-state index is 12.9. The molecule has 0 unspecified atom stereocenters. The second-order valence-corrected chi connectivity index (χ2v) is 9.90. The first-order valence-electron chi connectivity index (χ1n) is 10.3. The van der Waals surface area contributed by atoms with Gasteiger partial charge in [0, 0.05) is 23.9 Å². The molecule has 1 N–H and O–H groups in total. The number of hydrogen-bond donors (Lipinski definition) is 1. The molecule has 178 valence electrons. The second-order valence-electron chi connectivity index (χ2n) is 7.58. The largest absolute Gasteiger partial charge is 0.486 e. The van der Waals surface area contributed by atoms with E-state index in [0.29, 0.717) is 29.2 Å². The summed E-state index contributed by atoms with van der Waals surface area (Å²) in [4.78, 5) is 34.5. The summed E-state index contributed by atoms with van der Waals surface area (Å²) in [6.07, 6.45) is 2.50. The maximum atomic E-state index is 12.9. The van der Waals surface area contributed by atoms with Crippen molar-refractivity contribution in [3.63, 3.8) is 0 Å². The van der Waals surface area contributed by atoms with E-state index < -0.39 is 20.9 Å². The van der Waals surface area contributed by atoms with Crippen molar-refractivity contribution in [2.24, 2.45) is 0 Å². The van der Waals surface area contributed by atoms with E-state index in [1.807, 2.05) is 0 Å². The average Bonchev–Trinajstić information content (AvgIpc) is 3.40. The fourth-order valence-electron chi connectivity index (χ4n) is 3.47. The molecule has 2 aromatic heterocycles. The monoisotopic (exact) mass is 504 g/mol. The quantitative estimate of drug-likeness (QED) is 0.463. The maximum Gasteiger partial charge on any atom is 0.273 e. The van der Waals surface area contributed by atoms with Gasteiger partial charge in [-0.3, -0.25) is 9.59 Å². The molecule has 3 heterocycles. The van der Waals surface area contributed by atoms with Crippen LogP contribution in [0.3, 0.4) is 0 Å². The first-order chi connectivity index (χ1) is 16.2. The molecule has 0 fully saturated rings. The van der Waals surface area contributed by atoms with Crippen LogP contribution in [0.5, 0.6) is 5.75 Å². The number of fused-ring (bicyclic) bond motifs is 1. The van der Waals surface area contributed by atoms with Crippen LogP contribution in [0, 0.1) is 0 Å². The first-order valence-corrected chi connectivity index (χ1v) is 12.6. The summed E-state index contributed by atoms with van der Waals surface area (Å²) < 4.78 is 35.4. The molecule has 0 radical (unpaired) electrons. The minimum atomic E-state index is -3.83. The molecule has 3 aromatic rings. The molecule has 0 saturated carbocycles. The Balaban J connectivity index is 1.71. The average molecular weight is 505 g/mol. The van der Waals surface area contributed by atoms with E-state index in [1.54, 1.807) is 43.5 Å². The second kappa shape index (κ2) is 9.43. The standard InChI is InChI=1S/C22H21ClN4O6S/c1-3-24-18(28)11-27-10-16-19(25-22(34(2,30)31)26-20(16)21(27)29)15-7-6-13(9-17(15)23)33-12-14-5-4-8-32-14/h4-9H,3,10-12H2,1-2H3,(H,24,28). The van der Waals surface area contributed by atoms with Crippen LogP contribution in [-0.4, -0.2) is 54.4 Å². The molecule has 0 aliphatic carbocycles. The van der Waals surface area contributed by atoms with Crippen molar-refractivity contribution in [2.75, 3.05) is 19.3 Å². The van der Waals surface area contributed by atoms with E-state index in [-0.39, 0.29) is 42.0 Å². The predicted molar refractivity (Wildman–Crippen MR) is 122 cm³/mol. The lowest BCUT2D eigenvalue weighted by molar-refractivity contribution is -0.121.